The number of amides is 1. The SMILES string of the molecule is CCN(CC)C(=O)c1cccc2c1OC(C)(C(C)(C)C)O2. The molecule has 0 radical (unpaired) electrons. The lowest BCUT2D eigenvalue weighted by Gasteiger charge is -2.36. The number of carbonyl (C=O) groups is 1. The van der Waals surface area contributed by atoms with Gasteiger partial charge in [-0.25, -0.2) is 0 Å². The van der Waals surface area contributed by atoms with Gasteiger partial charge in [-0.2, -0.15) is 0 Å². The molecule has 1 heterocycles. The molecular weight excluding hydrogens is 266 g/mol. The summed E-state index contributed by atoms with van der Waals surface area (Å²) in [6.45, 7) is 13.4. The van der Waals surface area contributed by atoms with Crippen molar-refractivity contribution in [3.05, 3.63) is 23.8 Å². The molecule has 1 atom stereocenters. The van der Waals surface area contributed by atoms with Gasteiger partial charge < -0.3 is 14.4 Å². The molecule has 2 rings (SSSR count). The maximum Gasteiger partial charge on any atom is 0.257 e. The van der Waals surface area contributed by atoms with Gasteiger partial charge in [0.1, 0.15) is 0 Å². The highest BCUT2D eigenvalue weighted by Crippen LogP contribution is 2.48. The molecule has 4 nitrogen and oxygen atoms in total. The zero-order valence-electron chi connectivity index (χ0n) is 13.8. The zero-order chi connectivity index (χ0) is 15.8. The summed E-state index contributed by atoms with van der Waals surface area (Å²) in [4.78, 5) is 14.4. The molecule has 0 N–H and O–H groups in total. The molecular formula is C17H25NO3. The van der Waals surface area contributed by atoms with E-state index in [2.05, 4.69) is 20.8 Å². The molecule has 1 aromatic carbocycles. The first-order valence-corrected chi connectivity index (χ1v) is 7.53. The highest BCUT2D eigenvalue weighted by Gasteiger charge is 2.48. The monoisotopic (exact) mass is 291 g/mol. The molecule has 116 valence electrons. The lowest BCUT2D eigenvalue weighted by Crippen LogP contribution is -2.47. The molecule has 21 heavy (non-hydrogen) atoms. The van der Waals surface area contributed by atoms with Crippen LogP contribution in [0.3, 0.4) is 0 Å². The van der Waals surface area contributed by atoms with E-state index in [9.17, 15) is 4.79 Å². The number of nitrogens with zero attached hydrogens (tertiary/aromatic N) is 1. The number of benzene rings is 1. The molecule has 0 aromatic heterocycles. The van der Waals surface area contributed by atoms with Crippen LogP contribution in [0.2, 0.25) is 0 Å². The minimum absolute atomic E-state index is 0.0152. The van der Waals surface area contributed by atoms with Gasteiger partial charge in [0, 0.05) is 25.4 Å². The van der Waals surface area contributed by atoms with Crippen molar-refractivity contribution in [2.24, 2.45) is 5.41 Å². The summed E-state index contributed by atoms with van der Waals surface area (Å²) in [5.41, 5.74) is 0.367. The van der Waals surface area contributed by atoms with Crippen molar-refractivity contribution < 1.29 is 14.3 Å². The van der Waals surface area contributed by atoms with Crippen LogP contribution in [0.1, 0.15) is 51.9 Å². The van der Waals surface area contributed by atoms with Gasteiger partial charge in [-0.3, -0.25) is 4.79 Å². The molecule has 0 bridgehead atoms. The summed E-state index contributed by atoms with van der Waals surface area (Å²) in [5.74, 6) is 0.422. The lowest BCUT2D eigenvalue weighted by atomic mass is 9.87. The first-order valence-electron chi connectivity index (χ1n) is 7.53. The van der Waals surface area contributed by atoms with Crippen molar-refractivity contribution in [2.75, 3.05) is 13.1 Å². The number of fused-ring (bicyclic) bond motifs is 1. The Bertz CT molecular complexity index is 543. The van der Waals surface area contributed by atoms with E-state index in [1.165, 1.54) is 0 Å². The maximum absolute atomic E-state index is 12.6. The van der Waals surface area contributed by atoms with Crippen LogP contribution in [0, 0.1) is 5.41 Å². The third-order valence-electron chi connectivity index (χ3n) is 4.22. The van der Waals surface area contributed by atoms with Gasteiger partial charge in [-0.05, 0) is 26.0 Å². The number of ether oxygens (including phenoxy) is 2. The molecule has 1 unspecified atom stereocenters. The van der Waals surface area contributed by atoms with Crippen molar-refractivity contribution in [3.63, 3.8) is 0 Å². The molecule has 4 heteroatoms. The number of hydrogen-bond acceptors (Lipinski definition) is 3. The van der Waals surface area contributed by atoms with Gasteiger partial charge in [0.25, 0.3) is 11.7 Å². The molecule has 1 amide bonds. The van der Waals surface area contributed by atoms with Gasteiger partial charge in [0.2, 0.25) is 0 Å². The molecule has 1 aliphatic rings. The van der Waals surface area contributed by atoms with Gasteiger partial charge in [0.15, 0.2) is 11.5 Å². The first-order chi connectivity index (χ1) is 9.73. The molecule has 0 fully saturated rings. The van der Waals surface area contributed by atoms with E-state index in [1.54, 1.807) is 11.0 Å². The zero-order valence-corrected chi connectivity index (χ0v) is 13.8. The van der Waals surface area contributed by atoms with Crippen LogP contribution in [-0.4, -0.2) is 29.7 Å². The minimum Gasteiger partial charge on any atom is -0.448 e. The largest absolute Gasteiger partial charge is 0.448 e. The molecule has 0 spiro atoms. The van der Waals surface area contributed by atoms with Crippen LogP contribution in [0.4, 0.5) is 0 Å². The Hall–Kier alpha value is -1.71. The lowest BCUT2D eigenvalue weighted by molar-refractivity contribution is -0.142. The summed E-state index contributed by atoms with van der Waals surface area (Å²) in [7, 11) is 0. The van der Waals surface area contributed by atoms with Crippen LogP contribution in [0.5, 0.6) is 11.5 Å². The Balaban J connectivity index is 2.40. The summed E-state index contributed by atoms with van der Waals surface area (Å²) in [6, 6.07) is 5.50. The van der Waals surface area contributed by atoms with Gasteiger partial charge >= 0.3 is 0 Å². The van der Waals surface area contributed by atoms with Crippen molar-refractivity contribution >= 4 is 5.91 Å². The normalized spacial score (nSPS) is 20.5. The average Bonchev–Trinajstić information content (AvgIpc) is 2.76. The Kier molecular flexibility index (Phi) is 3.91. The number of carbonyl (C=O) groups excluding carboxylic acids is 1. The average molecular weight is 291 g/mol. The van der Waals surface area contributed by atoms with E-state index >= 15 is 0 Å². The van der Waals surface area contributed by atoms with Crippen LogP contribution < -0.4 is 9.47 Å². The van der Waals surface area contributed by atoms with Crippen LogP contribution in [-0.2, 0) is 0 Å². The van der Waals surface area contributed by atoms with Gasteiger partial charge in [0.05, 0.1) is 5.56 Å². The summed E-state index contributed by atoms with van der Waals surface area (Å²) in [6.07, 6.45) is 0. The maximum atomic E-state index is 12.6. The first kappa shape index (κ1) is 15.7. The topological polar surface area (TPSA) is 38.8 Å². The number of para-hydroxylation sites is 1. The molecule has 1 aliphatic heterocycles. The number of rotatable bonds is 3. The minimum atomic E-state index is -0.769. The fourth-order valence-electron chi connectivity index (χ4n) is 2.28. The second-order valence-electron chi connectivity index (χ2n) is 6.51. The summed E-state index contributed by atoms with van der Waals surface area (Å²) >= 11 is 0. The Morgan fingerprint density at radius 2 is 1.81 bits per heavy atom. The van der Waals surface area contributed by atoms with E-state index in [-0.39, 0.29) is 11.3 Å². The molecule has 0 saturated heterocycles. The van der Waals surface area contributed by atoms with Gasteiger partial charge in [-0.1, -0.05) is 26.8 Å². The van der Waals surface area contributed by atoms with Crippen molar-refractivity contribution in [1.82, 2.24) is 4.90 Å². The predicted octanol–water partition coefficient (Wildman–Crippen LogP) is 3.70. The molecule has 0 aliphatic carbocycles. The van der Waals surface area contributed by atoms with Crippen molar-refractivity contribution in [1.29, 1.82) is 0 Å². The third-order valence-corrected chi connectivity index (χ3v) is 4.22. The summed E-state index contributed by atoms with van der Waals surface area (Å²) in [5, 5.41) is 0. The van der Waals surface area contributed by atoms with E-state index in [1.807, 2.05) is 32.9 Å². The summed E-state index contributed by atoms with van der Waals surface area (Å²) < 4.78 is 12.1. The third kappa shape index (κ3) is 2.59. The van der Waals surface area contributed by atoms with Crippen molar-refractivity contribution in [2.45, 2.75) is 47.3 Å². The Morgan fingerprint density at radius 3 is 2.33 bits per heavy atom. The van der Waals surface area contributed by atoms with Crippen LogP contribution in [0.25, 0.3) is 0 Å². The quantitative estimate of drug-likeness (QED) is 0.852. The Morgan fingerprint density at radius 1 is 1.19 bits per heavy atom. The van der Waals surface area contributed by atoms with E-state index in [0.29, 0.717) is 30.2 Å². The van der Waals surface area contributed by atoms with Crippen LogP contribution >= 0.6 is 0 Å². The fourth-order valence-corrected chi connectivity index (χ4v) is 2.28. The number of hydrogen-bond donors (Lipinski definition) is 0. The predicted molar refractivity (Wildman–Crippen MR) is 82.8 cm³/mol. The van der Waals surface area contributed by atoms with Crippen LogP contribution in [0.15, 0.2) is 18.2 Å². The fraction of sp³-hybridized carbons (Fsp3) is 0.588. The van der Waals surface area contributed by atoms with E-state index in [4.69, 9.17) is 9.47 Å². The second-order valence-corrected chi connectivity index (χ2v) is 6.51. The van der Waals surface area contributed by atoms with E-state index < -0.39 is 5.79 Å². The second kappa shape index (κ2) is 5.24. The Labute approximate surface area is 127 Å². The highest BCUT2D eigenvalue weighted by molar-refractivity contribution is 5.98. The molecule has 1 aromatic rings. The molecule has 0 saturated carbocycles. The van der Waals surface area contributed by atoms with E-state index in [0.717, 1.165) is 0 Å². The van der Waals surface area contributed by atoms with Gasteiger partial charge in [-0.15, -0.1) is 0 Å². The van der Waals surface area contributed by atoms with Crippen molar-refractivity contribution in [3.8, 4) is 11.5 Å². The standard InChI is InChI=1S/C17H25NO3/c1-7-18(8-2)15(19)12-10-9-11-13-14(12)21-17(6,20-13)16(3,4)5/h9-11H,7-8H2,1-6H3. The smallest absolute Gasteiger partial charge is 0.257 e. The highest BCUT2D eigenvalue weighted by atomic mass is 16.7.